The summed E-state index contributed by atoms with van der Waals surface area (Å²) in [6, 6.07) is 3.71. The Bertz CT molecular complexity index is 1050. The molecule has 4 rings (SSSR count). The number of esters is 1. The molecular weight excluding hydrogens is 438 g/mol. The fourth-order valence-electron chi connectivity index (χ4n) is 4.72. The van der Waals surface area contributed by atoms with E-state index < -0.39 is 11.6 Å². The number of aryl methyl sites for hydroxylation is 1. The van der Waals surface area contributed by atoms with Crippen molar-refractivity contribution in [1.82, 2.24) is 25.1 Å². The molecule has 2 N–H and O–H groups in total. The van der Waals surface area contributed by atoms with Gasteiger partial charge in [-0.25, -0.2) is 14.6 Å². The molecule has 2 bridgehead atoms. The van der Waals surface area contributed by atoms with Gasteiger partial charge in [-0.05, 0) is 53.4 Å². The van der Waals surface area contributed by atoms with Gasteiger partial charge in [0.1, 0.15) is 11.4 Å². The Morgan fingerprint density at radius 3 is 2.38 bits per heavy atom. The zero-order chi connectivity index (χ0) is 24.6. The van der Waals surface area contributed by atoms with Crippen molar-refractivity contribution in [2.75, 3.05) is 24.4 Å². The first-order chi connectivity index (χ1) is 16.0. The van der Waals surface area contributed by atoms with Crippen LogP contribution in [0.3, 0.4) is 0 Å². The summed E-state index contributed by atoms with van der Waals surface area (Å²) < 4.78 is 10.5. The second-order valence-corrected chi connectivity index (χ2v) is 10.00. The van der Waals surface area contributed by atoms with E-state index in [9.17, 15) is 9.59 Å². The molecule has 11 nitrogen and oxygen atoms in total. The van der Waals surface area contributed by atoms with E-state index in [2.05, 4.69) is 25.5 Å². The lowest BCUT2D eigenvalue weighted by Crippen LogP contribution is -2.53. The maximum atomic E-state index is 12.8. The van der Waals surface area contributed by atoms with Gasteiger partial charge < -0.3 is 24.6 Å². The fraction of sp³-hybridized carbons (Fsp3) is 0.609. The SMILES string of the molecule is COC(=O)c1cc(Nc2cc(C)[nH]n2)nc(N(C)[C@@H]2C[C@H]3CC[C@@H](C2)N3C(=O)OC(C)(C)C)n1. The number of methoxy groups -OCH3 is 1. The smallest absolute Gasteiger partial charge is 0.410 e. The van der Waals surface area contributed by atoms with Crippen LogP contribution in [0.4, 0.5) is 22.4 Å². The van der Waals surface area contributed by atoms with Gasteiger partial charge in [-0.2, -0.15) is 10.1 Å². The Morgan fingerprint density at radius 1 is 1.15 bits per heavy atom. The molecule has 0 unspecified atom stereocenters. The number of rotatable bonds is 5. The lowest BCUT2D eigenvalue weighted by atomic mass is 9.97. The van der Waals surface area contributed by atoms with Gasteiger partial charge in [0.25, 0.3) is 0 Å². The van der Waals surface area contributed by atoms with Crippen molar-refractivity contribution in [2.24, 2.45) is 0 Å². The van der Waals surface area contributed by atoms with Crippen LogP contribution in [0.15, 0.2) is 12.1 Å². The molecule has 2 aromatic rings. The van der Waals surface area contributed by atoms with Gasteiger partial charge in [0, 0.05) is 43.0 Å². The van der Waals surface area contributed by atoms with Crippen LogP contribution >= 0.6 is 0 Å². The topological polar surface area (TPSA) is 126 Å². The fourth-order valence-corrected chi connectivity index (χ4v) is 4.72. The minimum Gasteiger partial charge on any atom is -0.464 e. The molecule has 4 heterocycles. The van der Waals surface area contributed by atoms with Crippen LogP contribution in [-0.4, -0.2) is 75.0 Å². The maximum absolute atomic E-state index is 12.8. The standard InChI is InChI=1S/C23H33N7O4/c1-13-9-19(28-27-13)25-18-12-17(20(31)33-6)24-21(26-18)29(5)16-10-14-7-8-15(11-16)30(14)22(32)34-23(2,3)4/h9,12,14-16H,7-8,10-11H2,1-6H3,(H2,24,25,26,27,28)/t14-,15+,16-. The highest BCUT2D eigenvalue weighted by Crippen LogP contribution is 2.39. The van der Waals surface area contributed by atoms with E-state index in [0.717, 1.165) is 31.4 Å². The number of aromatic nitrogens is 4. The number of ether oxygens (including phenoxy) is 2. The zero-order valence-electron chi connectivity index (χ0n) is 20.6. The first-order valence-electron chi connectivity index (χ1n) is 11.5. The van der Waals surface area contributed by atoms with Gasteiger partial charge in [0.15, 0.2) is 11.5 Å². The van der Waals surface area contributed by atoms with E-state index in [0.29, 0.717) is 17.6 Å². The highest BCUT2D eigenvalue weighted by molar-refractivity contribution is 5.88. The Balaban J connectivity index is 1.54. The molecule has 11 heteroatoms. The number of fused-ring (bicyclic) bond motifs is 2. The third-order valence-electron chi connectivity index (χ3n) is 6.25. The van der Waals surface area contributed by atoms with Gasteiger partial charge in [0.2, 0.25) is 5.95 Å². The van der Waals surface area contributed by atoms with Crippen LogP contribution in [0.5, 0.6) is 0 Å². The number of piperidine rings is 1. The molecule has 2 fully saturated rings. The van der Waals surface area contributed by atoms with Crippen molar-refractivity contribution >= 4 is 29.6 Å². The third-order valence-corrected chi connectivity index (χ3v) is 6.25. The van der Waals surface area contributed by atoms with E-state index in [4.69, 9.17) is 9.47 Å². The van der Waals surface area contributed by atoms with Crippen LogP contribution in [0.1, 0.15) is 62.6 Å². The number of hydrogen-bond acceptors (Lipinski definition) is 9. The van der Waals surface area contributed by atoms with Crippen LogP contribution < -0.4 is 10.2 Å². The molecule has 3 atom stereocenters. The van der Waals surface area contributed by atoms with Crippen molar-refractivity contribution in [2.45, 2.75) is 77.1 Å². The quantitative estimate of drug-likeness (QED) is 0.631. The minimum absolute atomic E-state index is 0.106. The lowest BCUT2D eigenvalue weighted by molar-refractivity contribution is 0.00592. The highest BCUT2D eigenvalue weighted by Gasteiger charge is 2.46. The summed E-state index contributed by atoms with van der Waals surface area (Å²) in [5.41, 5.74) is 0.528. The average molecular weight is 472 g/mol. The monoisotopic (exact) mass is 471 g/mol. The average Bonchev–Trinajstić information content (AvgIpc) is 3.30. The Hall–Kier alpha value is -3.37. The predicted molar refractivity (Wildman–Crippen MR) is 126 cm³/mol. The number of nitrogens with one attached hydrogen (secondary N) is 2. The first-order valence-corrected chi connectivity index (χ1v) is 11.5. The molecule has 2 aliphatic rings. The molecule has 0 radical (unpaired) electrons. The van der Waals surface area contributed by atoms with Gasteiger partial charge in [-0.15, -0.1) is 0 Å². The Kier molecular flexibility index (Phi) is 6.37. The number of hydrogen-bond donors (Lipinski definition) is 2. The van der Waals surface area contributed by atoms with Crippen molar-refractivity contribution in [3.8, 4) is 0 Å². The van der Waals surface area contributed by atoms with Gasteiger partial charge in [0.05, 0.1) is 7.11 Å². The van der Waals surface area contributed by atoms with Gasteiger partial charge >= 0.3 is 12.1 Å². The van der Waals surface area contributed by atoms with Crippen molar-refractivity contribution in [3.05, 3.63) is 23.5 Å². The number of nitrogens with zero attached hydrogens (tertiary/aromatic N) is 5. The molecule has 0 spiro atoms. The second-order valence-electron chi connectivity index (χ2n) is 10.00. The molecule has 184 valence electrons. The van der Waals surface area contributed by atoms with Gasteiger partial charge in [-0.3, -0.25) is 5.10 Å². The van der Waals surface area contributed by atoms with Crippen LogP contribution in [-0.2, 0) is 9.47 Å². The Labute approximate surface area is 199 Å². The van der Waals surface area contributed by atoms with E-state index in [1.165, 1.54) is 7.11 Å². The third kappa shape index (κ3) is 5.07. The molecule has 2 aromatic heterocycles. The van der Waals surface area contributed by atoms with E-state index in [-0.39, 0.29) is 29.9 Å². The second kappa shape index (κ2) is 9.11. The molecule has 2 aliphatic heterocycles. The first kappa shape index (κ1) is 23.8. The summed E-state index contributed by atoms with van der Waals surface area (Å²) in [5, 5.41) is 10.2. The van der Waals surface area contributed by atoms with Crippen molar-refractivity contribution in [3.63, 3.8) is 0 Å². The number of H-pyrrole nitrogens is 1. The highest BCUT2D eigenvalue weighted by atomic mass is 16.6. The lowest BCUT2D eigenvalue weighted by Gasteiger charge is -2.42. The largest absolute Gasteiger partial charge is 0.464 e. The van der Waals surface area contributed by atoms with Crippen LogP contribution in [0.25, 0.3) is 0 Å². The molecule has 1 amide bonds. The minimum atomic E-state index is -0.543. The molecule has 34 heavy (non-hydrogen) atoms. The van der Waals surface area contributed by atoms with Crippen molar-refractivity contribution < 1.29 is 19.1 Å². The maximum Gasteiger partial charge on any atom is 0.410 e. The van der Waals surface area contributed by atoms with Crippen LogP contribution in [0, 0.1) is 6.92 Å². The number of carbonyl (C=O) groups excluding carboxylic acids is 2. The normalized spacial score (nSPS) is 21.8. The van der Waals surface area contributed by atoms with Crippen LogP contribution in [0.2, 0.25) is 0 Å². The summed E-state index contributed by atoms with van der Waals surface area (Å²) in [4.78, 5) is 38.1. The molecule has 0 aliphatic carbocycles. The van der Waals surface area contributed by atoms with E-state index in [1.807, 2.05) is 50.6 Å². The zero-order valence-corrected chi connectivity index (χ0v) is 20.6. The molecule has 2 saturated heterocycles. The summed E-state index contributed by atoms with van der Waals surface area (Å²) in [6.07, 6.45) is 3.20. The van der Waals surface area contributed by atoms with Gasteiger partial charge in [-0.1, -0.05) is 0 Å². The van der Waals surface area contributed by atoms with Crippen molar-refractivity contribution in [1.29, 1.82) is 0 Å². The summed E-state index contributed by atoms with van der Waals surface area (Å²) >= 11 is 0. The predicted octanol–water partition coefficient (Wildman–Crippen LogP) is 3.41. The van der Waals surface area contributed by atoms with E-state index in [1.54, 1.807) is 6.07 Å². The van der Waals surface area contributed by atoms with E-state index >= 15 is 0 Å². The summed E-state index contributed by atoms with van der Waals surface area (Å²) in [5.74, 6) is 0.896. The Morgan fingerprint density at radius 2 is 1.82 bits per heavy atom. The number of aromatic amines is 1. The molecule has 0 saturated carbocycles. The molecule has 0 aromatic carbocycles. The number of amides is 1. The summed E-state index contributed by atoms with van der Waals surface area (Å²) in [7, 11) is 3.24. The molecular formula is C23H33N7O4. The summed E-state index contributed by atoms with van der Waals surface area (Å²) in [6.45, 7) is 7.55. The number of carbonyl (C=O) groups is 2. The number of anilines is 3.